The Morgan fingerprint density at radius 1 is 0.947 bits per heavy atom. The average molecular weight is 278 g/mol. The lowest BCUT2D eigenvalue weighted by Gasteiger charge is -2.10. The van der Waals surface area contributed by atoms with E-state index in [2.05, 4.69) is 0 Å². The third-order valence-corrected chi connectivity index (χ3v) is 1.79. The largest absolute Gasteiger partial charge is 0.460 e. The molecule has 0 heterocycles. The number of carbonyl (C=O) groups excluding carboxylic acids is 2. The summed E-state index contributed by atoms with van der Waals surface area (Å²) in [6.07, 6.45) is 0.165. The minimum atomic E-state index is -0.264. The molecule has 0 aromatic rings. The molecule has 0 N–H and O–H groups in total. The van der Waals surface area contributed by atoms with Crippen LogP contribution in [0.15, 0.2) is 0 Å². The Balaban J connectivity index is 0. The van der Waals surface area contributed by atoms with Crippen molar-refractivity contribution in [3.63, 3.8) is 0 Å². The highest BCUT2D eigenvalue weighted by atomic mass is 16.6. The SMILES string of the molecule is CCC(=O)OC(C)COC.COCC(C)OC(C)=O. The number of hydrogen-bond donors (Lipinski definition) is 0. The van der Waals surface area contributed by atoms with Gasteiger partial charge in [0.15, 0.2) is 0 Å². The molecule has 0 amide bonds. The summed E-state index contributed by atoms with van der Waals surface area (Å²) in [6, 6.07) is 0. The van der Waals surface area contributed by atoms with E-state index in [0.717, 1.165) is 0 Å². The molecule has 6 heteroatoms. The smallest absolute Gasteiger partial charge is 0.305 e. The van der Waals surface area contributed by atoms with Crippen LogP contribution in [-0.4, -0.2) is 51.6 Å². The Morgan fingerprint density at radius 3 is 1.68 bits per heavy atom. The third-order valence-electron chi connectivity index (χ3n) is 1.79. The highest BCUT2D eigenvalue weighted by Crippen LogP contribution is 1.93. The summed E-state index contributed by atoms with van der Waals surface area (Å²) in [4.78, 5) is 20.9. The third kappa shape index (κ3) is 16.9. The molecule has 0 saturated carbocycles. The summed E-state index contributed by atoms with van der Waals surface area (Å²) in [5.41, 5.74) is 0. The van der Waals surface area contributed by atoms with Crippen molar-refractivity contribution in [1.82, 2.24) is 0 Å². The first kappa shape index (κ1) is 20.2. The second-order valence-corrected chi connectivity index (χ2v) is 3.98. The van der Waals surface area contributed by atoms with Gasteiger partial charge < -0.3 is 18.9 Å². The molecule has 0 radical (unpaired) electrons. The molecule has 0 aliphatic heterocycles. The van der Waals surface area contributed by atoms with Crippen LogP contribution in [0.4, 0.5) is 0 Å². The normalized spacial score (nSPS) is 12.7. The molecule has 6 nitrogen and oxygen atoms in total. The van der Waals surface area contributed by atoms with Crippen LogP contribution in [0.1, 0.15) is 34.1 Å². The number of methoxy groups -OCH3 is 2. The van der Waals surface area contributed by atoms with Gasteiger partial charge in [0.25, 0.3) is 0 Å². The van der Waals surface area contributed by atoms with Crippen LogP contribution in [0, 0.1) is 0 Å². The van der Waals surface area contributed by atoms with Gasteiger partial charge in [-0.05, 0) is 13.8 Å². The summed E-state index contributed by atoms with van der Waals surface area (Å²) in [5, 5.41) is 0. The van der Waals surface area contributed by atoms with E-state index in [4.69, 9.17) is 18.9 Å². The Morgan fingerprint density at radius 2 is 1.37 bits per heavy atom. The Bertz CT molecular complexity index is 241. The van der Waals surface area contributed by atoms with Crippen molar-refractivity contribution in [2.75, 3.05) is 27.4 Å². The van der Waals surface area contributed by atoms with E-state index in [1.807, 2.05) is 0 Å². The van der Waals surface area contributed by atoms with E-state index in [9.17, 15) is 9.59 Å². The molecule has 0 spiro atoms. The zero-order valence-corrected chi connectivity index (χ0v) is 12.7. The van der Waals surface area contributed by atoms with Crippen LogP contribution in [0.2, 0.25) is 0 Å². The average Bonchev–Trinajstić information content (AvgIpc) is 2.29. The molecule has 0 rings (SSSR count). The molecule has 0 aromatic carbocycles. The first-order valence-electron chi connectivity index (χ1n) is 6.21. The van der Waals surface area contributed by atoms with Crippen LogP contribution in [0.5, 0.6) is 0 Å². The van der Waals surface area contributed by atoms with Crippen LogP contribution < -0.4 is 0 Å². The molecular weight excluding hydrogens is 252 g/mol. The van der Waals surface area contributed by atoms with Crippen LogP contribution in [0.3, 0.4) is 0 Å². The summed E-state index contributed by atoms with van der Waals surface area (Å²) < 4.78 is 19.1. The Kier molecular flexibility index (Phi) is 14.1. The fourth-order valence-electron chi connectivity index (χ4n) is 1.13. The quantitative estimate of drug-likeness (QED) is 0.658. The summed E-state index contributed by atoms with van der Waals surface area (Å²) in [5.74, 6) is -0.441. The van der Waals surface area contributed by atoms with Crippen molar-refractivity contribution >= 4 is 11.9 Å². The van der Waals surface area contributed by atoms with Crippen molar-refractivity contribution in [1.29, 1.82) is 0 Å². The zero-order valence-electron chi connectivity index (χ0n) is 12.7. The predicted octanol–water partition coefficient (Wildman–Crippen LogP) is 1.56. The molecule has 0 bridgehead atoms. The molecule has 0 saturated heterocycles. The van der Waals surface area contributed by atoms with Gasteiger partial charge in [0.1, 0.15) is 12.2 Å². The Hall–Kier alpha value is -1.14. The molecule has 0 fully saturated rings. The summed E-state index contributed by atoms with van der Waals surface area (Å²) >= 11 is 0. The first-order chi connectivity index (χ1) is 8.87. The number of esters is 2. The number of rotatable bonds is 7. The van der Waals surface area contributed by atoms with E-state index < -0.39 is 0 Å². The second-order valence-electron chi connectivity index (χ2n) is 3.98. The molecule has 19 heavy (non-hydrogen) atoms. The fourth-order valence-corrected chi connectivity index (χ4v) is 1.13. The van der Waals surface area contributed by atoms with Gasteiger partial charge in [0.05, 0.1) is 13.2 Å². The van der Waals surface area contributed by atoms with Crippen LogP contribution in [-0.2, 0) is 28.5 Å². The lowest BCUT2D eigenvalue weighted by molar-refractivity contribution is -0.150. The predicted molar refractivity (Wildman–Crippen MR) is 70.8 cm³/mol. The van der Waals surface area contributed by atoms with Crippen LogP contribution in [0.25, 0.3) is 0 Å². The molecule has 2 atom stereocenters. The van der Waals surface area contributed by atoms with E-state index >= 15 is 0 Å². The van der Waals surface area contributed by atoms with E-state index in [-0.39, 0.29) is 24.1 Å². The molecule has 0 aromatic heterocycles. The van der Waals surface area contributed by atoms with Crippen molar-refractivity contribution in [3.8, 4) is 0 Å². The topological polar surface area (TPSA) is 71.1 Å². The van der Waals surface area contributed by atoms with Crippen molar-refractivity contribution in [2.45, 2.75) is 46.3 Å². The monoisotopic (exact) mass is 278 g/mol. The Labute approximate surface area is 115 Å². The molecule has 2 unspecified atom stereocenters. The van der Waals surface area contributed by atoms with Crippen LogP contribution >= 0.6 is 0 Å². The summed E-state index contributed by atoms with van der Waals surface area (Å²) in [6.45, 7) is 7.65. The zero-order chi connectivity index (χ0) is 15.3. The van der Waals surface area contributed by atoms with Gasteiger partial charge in [-0.2, -0.15) is 0 Å². The number of carbonyl (C=O) groups is 2. The van der Waals surface area contributed by atoms with Gasteiger partial charge in [-0.3, -0.25) is 9.59 Å². The minimum absolute atomic E-state index is 0.127. The van der Waals surface area contributed by atoms with Gasteiger partial charge >= 0.3 is 11.9 Å². The van der Waals surface area contributed by atoms with Crippen molar-refractivity contribution in [3.05, 3.63) is 0 Å². The van der Waals surface area contributed by atoms with Gasteiger partial charge in [-0.25, -0.2) is 0 Å². The molecule has 0 aliphatic rings. The van der Waals surface area contributed by atoms with Gasteiger partial charge in [0, 0.05) is 27.6 Å². The maximum atomic E-state index is 10.6. The lowest BCUT2D eigenvalue weighted by Crippen LogP contribution is -2.18. The van der Waals surface area contributed by atoms with Crippen molar-refractivity contribution in [2.24, 2.45) is 0 Å². The maximum absolute atomic E-state index is 10.6. The van der Waals surface area contributed by atoms with Gasteiger partial charge in [-0.1, -0.05) is 6.92 Å². The van der Waals surface area contributed by atoms with Gasteiger partial charge in [0.2, 0.25) is 0 Å². The van der Waals surface area contributed by atoms with E-state index in [1.54, 1.807) is 35.0 Å². The minimum Gasteiger partial charge on any atom is -0.460 e. The highest BCUT2D eigenvalue weighted by Gasteiger charge is 2.05. The standard InChI is InChI=1S/C7H14O3.C6H12O3/c1-4-7(8)10-6(2)5-9-3;1-5(4-8-3)9-6(2)7/h6H,4-5H2,1-3H3;5H,4H2,1-3H3. The molecular formula is C13H26O6. The highest BCUT2D eigenvalue weighted by molar-refractivity contribution is 5.69. The molecule has 114 valence electrons. The summed E-state index contributed by atoms with van der Waals surface area (Å²) in [7, 11) is 3.15. The molecule has 0 aliphatic carbocycles. The fraction of sp³-hybridized carbons (Fsp3) is 0.846. The number of hydrogen-bond acceptors (Lipinski definition) is 6. The van der Waals surface area contributed by atoms with E-state index in [0.29, 0.717) is 19.6 Å². The lowest BCUT2D eigenvalue weighted by atomic mass is 10.4. The second kappa shape index (κ2) is 13.3. The first-order valence-corrected chi connectivity index (χ1v) is 6.21. The number of ether oxygens (including phenoxy) is 4. The maximum Gasteiger partial charge on any atom is 0.305 e. The van der Waals surface area contributed by atoms with Crippen molar-refractivity contribution < 1.29 is 28.5 Å². The van der Waals surface area contributed by atoms with E-state index in [1.165, 1.54) is 6.92 Å². The van der Waals surface area contributed by atoms with Gasteiger partial charge in [-0.15, -0.1) is 0 Å².